The first-order valence-corrected chi connectivity index (χ1v) is 8.87. The van der Waals surface area contributed by atoms with Gasteiger partial charge in [0.15, 0.2) is 11.5 Å². The fraction of sp³-hybridized carbons (Fsp3) is 0.368. The van der Waals surface area contributed by atoms with Crippen LogP contribution in [0.15, 0.2) is 36.4 Å². The van der Waals surface area contributed by atoms with Crippen molar-refractivity contribution in [3.63, 3.8) is 0 Å². The van der Waals surface area contributed by atoms with Gasteiger partial charge in [-0.3, -0.25) is 0 Å². The number of rotatable bonds is 6. The molecule has 1 aliphatic rings. The van der Waals surface area contributed by atoms with E-state index in [1.165, 1.54) is 0 Å². The third kappa shape index (κ3) is 4.39. The molecule has 1 N–H and O–H groups in total. The van der Waals surface area contributed by atoms with Crippen LogP contribution in [0.2, 0.25) is 10.0 Å². The van der Waals surface area contributed by atoms with Crippen LogP contribution in [0.25, 0.3) is 0 Å². The maximum absolute atomic E-state index is 10.6. The zero-order valence-corrected chi connectivity index (χ0v) is 15.4. The summed E-state index contributed by atoms with van der Waals surface area (Å²) in [6.45, 7) is 1.26. The lowest BCUT2D eigenvalue weighted by Gasteiger charge is -2.18. The summed E-state index contributed by atoms with van der Waals surface area (Å²) in [5.74, 6) is 1.22. The van der Waals surface area contributed by atoms with Crippen LogP contribution in [0.5, 0.6) is 11.5 Å². The quantitative estimate of drug-likeness (QED) is 0.801. The van der Waals surface area contributed by atoms with Crippen LogP contribution < -0.4 is 9.47 Å². The first kappa shape index (κ1) is 18.3. The third-order valence-corrected chi connectivity index (χ3v) is 4.92. The minimum Gasteiger partial charge on any atom is -0.493 e. The average Bonchev–Trinajstić information content (AvgIpc) is 3.11. The van der Waals surface area contributed by atoms with Crippen LogP contribution in [0.3, 0.4) is 0 Å². The number of benzene rings is 2. The van der Waals surface area contributed by atoms with E-state index in [4.69, 9.17) is 37.4 Å². The Morgan fingerprint density at radius 2 is 1.96 bits per heavy atom. The van der Waals surface area contributed by atoms with Crippen molar-refractivity contribution in [1.29, 1.82) is 0 Å². The fourth-order valence-corrected chi connectivity index (χ4v) is 3.37. The maximum atomic E-state index is 10.6. The van der Waals surface area contributed by atoms with Gasteiger partial charge in [0.25, 0.3) is 0 Å². The molecule has 1 saturated heterocycles. The van der Waals surface area contributed by atoms with Gasteiger partial charge in [0, 0.05) is 22.9 Å². The highest BCUT2D eigenvalue weighted by Crippen LogP contribution is 2.34. The molecule has 3 rings (SSSR count). The SMILES string of the molecule is COc1ccc(C(O)Cc2c(Cl)cccc2Cl)cc1OC1CCOC1. The number of hydrogen-bond acceptors (Lipinski definition) is 4. The van der Waals surface area contributed by atoms with Gasteiger partial charge in [-0.25, -0.2) is 0 Å². The van der Waals surface area contributed by atoms with Crippen molar-refractivity contribution in [2.24, 2.45) is 0 Å². The van der Waals surface area contributed by atoms with E-state index in [1.54, 1.807) is 37.4 Å². The largest absolute Gasteiger partial charge is 0.493 e. The van der Waals surface area contributed by atoms with Gasteiger partial charge in [-0.05, 0) is 35.4 Å². The van der Waals surface area contributed by atoms with Gasteiger partial charge in [-0.1, -0.05) is 35.3 Å². The van der Waals surface area contributed by atoms with Crippen LogP contribution in [0, 0.1) is 0 Å². The number of aliphatic hydroxyl groups excluding tert-OH is 1. The van der Waals surface area contributed by atoms with E-state index in [9.17, 15) is 5.11 Å². The summed E-state index contributed by atoms with van der Waals surface area (Å²) in [5, 5.41) is 11.7. The lowest BCUT2D eigenvalue weighted by atomic mass is 10.0. The minimum atomic E-state index is -0.759. The molecule has 0 amide bonds. The lowest BCUT2D eigenvalue weighted by molar-refractivity contribution is 0.137. The fourth-order valence-electron chi connectivity index (χ4n) is 2.82. The Labute approximate surface area is 157 Å². The molecule has 0 bridgehead atoms. The van der Waals surface area contributed by atoms with Crippen LogP contribution in [-0.2, 0) is 11.2 Å². The highest BCUT2D eigenvalue weighted by molar-refractivity contribution is 6.36. The smallest absolute Gasteiger partial charge is 0.162 e. The zero-order chi connectivity index (χ0) is 17.8. The number of methoxy groups -OCH3 is 1. The van der Waals surface area contributed by atoms with Gasteiger partial charge in [-0.2, -0.15) is 0 Å². The average molecular weight is 383 g/mol. The normalized spacial score (nSPS) is 18.2. The maximum Gasteiger partial charge on any atom is 0.162 e. The molecule has 0 aromatic heterocycles. The van der Waals surface area contributed by atoms with E-state index in [-0.39, 0.29) is 6.10 Å². The third-order valence-electron chi connectivity index (χ3n) is 4.21. The molecule has 1 heterocycles. The summed E-state index contributed by atoms with van der Waals surface area (Å²) < 4.78 is 16.7. The summed E-state index contributed by atoms with van der Waals surface area (Å²) >= 11 is 12.4. The number of halogens is 2. The first-order chi connectivity index (χ1) is 12.1. The van der Waals surface area contributed by atoms with Gasteiger partial charge < -0.3 is 19.3 Å². The van der Waals surface area contributed by atoms with Crippen LogP contribution in [-0.4, -0.2) is 31.5 Å². The molecular weight excluding hydrogens is 363 g/mol. The topological polar surface area (TPSA) is 47.9 Å². The number of aliphatic hydroxyl groups is 1. The molecule has 0 radical (unpaired) electrons. The molecule has 6 heteroatoms. The molecular formula is C19H20Cl2O4. The molecule has 0 saturated carbocycles. The van der Waals surface area contributed by atoms with Crippen molar-refractivity contribution >= 4 is 23.2 Å². The monoisotopic (exact) mass is 382 g/mol. The molecule has 0 aliphatic carbocycles. The molecule has 1 aliphatic heterocycles. The molecule has 2 unspecified atom stereocenters. The predicted molar refractivity (Wildman–Crippen MR) is 98.0 cm³/mol. The van der Waals surface area contributed by atoms with Crippen LogP contribution in [0.1, 0.15) is 23.7 Å². The molecule has 0 spiro atoms. The van der Waals surface area contributed by atoms with Crippen molar-refractivity contribution < 1.29 is 19.3 Å². The zero-order valence-electron chi connectivity index (χ0n) is 13.9. The molecule has 2 aromatic rings. The standard InChI is InChI=1S/C19H20Cl2O4/c1-23-18-6-5-12(9-19(18)25-13-7-8-24-11-13)17(22)10-14-15(20)3-2-4-16(14)21/h2-6,9,13,17,22H,7-8,10-11H2,1H3. The molecule has 1 fully saturated rings. The summed E-state index contributed by atoms with van der Waals surface area (Å²) in [6.07, 6.45) is 0.395. The Morgan fingerprint density at radius 3 is 2.60 bits per heavy atom. The molecule has 2 aromatic carbocycles. The van der Waals surface area contributed by atoms with E-state index >= 15 is 0 Å². The predicted octanol–water partition coefficient (Wildman–Crippen LogP) is 4.45. The second-order valence-electron chi connectivity index (χ2n) is 5.93. The van der Waals surface area contributed by atoms with E-state index in [1.807, 2.05) is 6.07 Å². The van der Waals surface area contributed by atoms with Crippen molar-refractivity contribution in [2.45, 2.75) is 25.0 Å². The second kappa shape index (κ2) is 8.28. The van der Waals surface area contributed by atoms with E-state index in [0.29, 0.717) is 46.7 Å². The summed E-state index contributed by atoms with van der Waals surface area (Å²) in [4.78, 5) is 0. The number of ether oxygens (including phenoxy) is 3. The summed E-state index contributed by atoms with van der Waals surface area (Å²) in [7, 11) is 1.59. The van der Waals surface area contributed by atoms with Crippen molar-refractivity contribution in [1.82, 2.24) is 0 Å². The first-order valence-electron chi connectivity index (χ1n) is 8.11. The molecule has 2 atom stereocenters. The Morgan fingerprint density at radius 1 is 1.20 bits per heavy atom. The molecule has 134 valence electrons. The van der Waals surface area contributed by atoms with Gasteiger partial charge in [0.2, 0.25) is 0 Å². The van der Waals surface area contributed by atoms with E-state index < -0.39 is 6.10 Å². The number of hydrogen-bond donors (Lipinski definition) is 1. The minimum absolute atomic E-state index is 0.000643. The van der Waals surface area contributed by atoms with Crippen LogP contribution in [0.4, 0.5) is 0 Å². The van der Waals surface area contributed by atoms with Crippen LogP contribution >= 0.6 is 23.2 Å². The Hall–Kier alpha value is -1.46. The summed E-state index contributed by atoms with van der Waals surface area (Å²) in [6, 6.07) is 10.7. The lowest BCUT2D eigenvalue weighted by Crippen LogP contribution is -2.16. The summed E-state index contributed by atoms with van der Waals surface area (Å²) in [5.41, 5.74) is 1.44. The Kier molecular flexibility index (Phi) is 6.07. The molecule has 25 heavy (non-hydrogen) atoms. The van der Waals surface area contributed by atoms with Gasteiger partial charge in [-0.15, -0.1) is 0 Å². The molecule has 4 nitrogen and oxygen atoms in total. The van der Waals surface area contributed by atoms with Crippen molar-refractivity contribution in [2.75, 3.05) is 20.3 Å². The van der Waals surface area contributed by atoms with Gasteiger partial charge in [0.05, 0.1) is 26.4 Å². The Balaban J connectivity index is 1.81. The second-order valence-corrected chi connectivity index (χ2v) is 6.75. The van der Waals surface area contributed by atoms with E-state index in [2.05, 4.69) is 0 Å². The Bertz CT molecular complexity index is 709. The van der Waals surface area contributed by atoms with Gasteiger partial charge in [0.1, 0.15) is 6.10 Å². The van der Waals surface area contributed by atoms with Gasteiger partial charge >= 0.3 is 0 Å². The van der Waals surface area contributed by atoms with Crippen molar-refractivity contribution in [3.8, 4) is 11.5 Å². The highest BCUT2D eigenvalue weighted by atomic mass is 35.5. The van der Waals surface area contributed by atoms with E-state index in [0.717, 1.165) is 12.0 Å². The van der Waals surface area contributed by atoms with Crippen molar-refractivity contribution in [3.05, 3.63) is 57.6 Å². The highest BCUT2D eigenvalue weighted by Gasteiger charge is 2.21.